The van der Waals surface area contributed by atoms with E-state index in [1.54, 1.807) is 6.07 Å². The van der Waals surface area contributed by atoms with Crippen molar-refractivity contribution in [2.75, 3.05) is 5.32 Å². The van der Waals surface area contributed by atoms with E-state index in [1.165, 1.54) is 22.7 Å². The number of carbonyl (C=O) groups is 1. The van der Waals surface area contributed by atoms with Crippen molar-refractivity contribution in [3.05, 3.63) is 75.8 Å². The zero-order chi connectivity index (χ0) is 19.5. The number of rotatable bonds is 6. The van der Waals surface area contributed by atoms with E-state index in [0.29, 0.717) is 4.88 Å². The fourth-order valence-corrected chi connectivity index (χ4v) is 4.25. The molecule has 5 nitrogen and oxygen atoms in total. The lowest BCUT2D eigenvalue weighted by Crippen LogP contribution is -1.91. The lowest BCUT2D eigenvalue weighted by atomic mass is 10.2. The molecule has 0 spiro atoms. The fourth-order valence-electron chi connectivity index (χ4n) is 2.65. The van der Waals surface area contributed by atoms with Gasteiger partial charge in [0.1, 0.15) is 16.4 Å². The Labute approximate surface area is 186 Å². The van der Waals surface area contributed by atoms with Crippen LogP contribution < -0.4 is 10.1 Å². The molecular formula is C21H17BrN2O3S2. The number of nitrogens with one attached hydrogen (secondary N) is 1. The first-order valence-electron chi connectivity index (χ1n) is 8.48. The molecule has 2 aromatic carbocycles. The summed E-state index contributed by atoms with van der Waals surface area (Å²) in [6, 6.07) is 18.9. The molecule has 0 fully saturated rings. The quantitative estimate of drug-likeness (QED) is 0.305. The van der Waals surface area contributed by atoms with Crippen LogP contribution in [0.3, 0.4) is 0 Å². The average Bonchev–Trinajstić information content (AvgIpc) is 3.31. The molecule has 0 aliphatic rings. The number of hydrogen-bond acceptors (Lipinski definition) is 6. The van der Waals surface area contributed by atoms with Crippen molar-refractivity contribution >= 4 is 56.4 Å². The van der Waals surface area contributed by atoms with E-state index in [9.17, 15) is 4.79 Å². The average molecular weight is 489 g/mol. The van der Waals surface area contributed by atoms with Gasteiger partial charge in [0, 0.05) is 21.5 Å². The van der Waals surface area contributed by atoms with Crippen LogP contribution in [-0.2, 0) is 0 Å². The van der Waals surface area contributed by atoms with Gasteiger partial charge in [-0.05, 0) is 49.4 Å². The Morgan fingerprint density at radius 3 is 2.41 bits per heavy atom. The first-order valence-corrected chi connectivity index (χ1v) is 10.2. The molecule has 4 aromatic rings. The van der Waals surface area contributed by atoms with Crippen molar-refractivity contribution in [2.45, 2.75) is 6.92 Å². The topological polar surface area (TPSA) is 71.5 Å². The van der Waals surface area contributed by atoms with Crippen LogP contribution in [0.25, 0.3) is 11.3 Å². The number of halogens is 1. The molecule has 0 bridgehead atoms. The molecule has 29 heavy (non-hydrogen) atoms. The summed E-state index contributed by atoms with van der Waals surface area (Å²) in [5.41, 5.74) is 2.53. The zero-order valence-electron chi connectivity index (χ0n) is 15.3. The fraction of sp³-hybridized carbons (Fsp3) is 0.0476. The molecule has 2 aromatic heterocycles. The van der Waals surface area contributed by atoms with Gasteiger partial charge in [0.15, 0.2) is 5.13 Å². The van der Waals surface area contributed by atoms with E-state index in [1.807, 2.05) is 66.9 Å². The number of nitrogens with zero attached hydrogens (tertiary/aromatic N) is 1. The highest BCUT2D eigenvalue weighted by molar-refractivity contribution is 8.93. The molecule has 0 unspecified atom stereocenters. The van der Waals surface area contributed by atoms with Crippen molar-refractivity contribution in [1.82, 2.24) is 4.98 Å². The third kappa shape index (κ3) is 5.03. The van der Waals surface area contributed by atoms with Gasteiger partial charge in [0.05, 0.1) is 5.69 Å². The first kappa shape index (κ1) is 21.0. The van der Waals surface area contributed by atoms with Gasteiger partial charge in [-0.25, -0.2) is 9.78 Å². The summed E-state index contributed by atoms with van der Waals surface area (Å²) in [5.74, 6) is 0.636. The van der Waals surface area contributed by atoms with Crippen LogP contribution in [-0.4, -0.2) is 16.1 Å². The Morgan fingerprint density at radius 1 is 1.07 bits per heavy atom. The maximum atomic E-state index is 11.2. The lowest BCUT2D eigenvalue weighted by Gasteiger charge is -2.07. The third-order valence-corrected chi connectivity index (χ3v) is 5.79. The monoisotopic (exact) mass is 488 g/mol. The van der Waals surface area contributed by atoms with E-state index in [-0.39, 0.29) is 17.0 Å². The molecule has 0 aliphatic carbocycles. The van der Waals surface area contributed by atoms with Crippen LogP contribution in [0.1, 0.15) is 14.5 Å². The van der Waals surface area contributed by atoms with E-state index in [0.717, 1.165) is 38.5 Å². The predicted octanol–water partition coefficient (Wildman–Crippen LogP) is 6.99. The smallest absolute Gasteiger partial charge is 0.345 e. The number of thiophene rings is 1. The van der Waals surface area contributed by atoms with Gasteiger partial charge < -0.3 is 15.2 Å². The molecule has 4 rings (SSSR count). The molecule has 8 heteroatoms. The van der Waals surface area contributed by atoms with Crippen LogP contribution >= 0.6 is 39.7 Å². The number of aryl methyl sites for hydroxylation is 1. The molecule has 0 radical (unpaired) electrons. The Morgan fingerprint density at radius 2 is 1.76 bits per heavy atom. The second-order valence-corrected chi connectivity index (χ2v) is 8.10. The summed E-state index contributed by atoms with van der Waals surface area (Å²) in [4.78, 5) is 17.0. The van der Waals surface area contributed by atoms with Crippen LogP contribution in [0.2, 0.25) is 0 Å². The van der Waals surface area contributed by atoms with Crippen LogP contribution in [0.4, 0.5) is 10.8 Å². The number of aromatic carboxylic acids is 1. The number of carboxylic acids is 1. The van der Waals surface area contributed by atoms with Crippen molar-refractivity contribution in [3.63, 3.8) is 0 Å². The number of ether oxygens (including phenoxy) is 1. The molecule has 0 saturated heterocycles. The van der Waals surface area contributed by atoms with Gasteiger partial charge in [-0.3, -0.25) is 0 Å². The Hall–Kier alpha value is -2.68. The summed E-state index contributed by atoms with van der Waals surface area (Å²) in [5, 5.41) is 15.1. The number of aromatic nitrogens is 1. The predicted molar refractivity (Wildman–Crippen MR) is 124 cm³/mol. The van der Waals surface area contributed by atoms with Crippen LogP contribution in [0.15, 0.2) is 66.0 Å². The molecule has 2 heterocycles. The number of anilines is 2. The summed E-state index contributed by atoms with van der Waals surface area (Å²) in [6.45, 7) is 1.91. The molecule has 148 valence electrons. The highest BCUT2D eigenvalue weighted by Crippen LogP contribution is 2.34. The summed E-state index contributed by atoms with van der Waals surface area (Å²) in [7, 11) is 0. The molecule has 0 aliphatic heterocycles. The molecular weight excluding hydrogens is 472 g/mol. The summed E-state index contributed by atoms with van der Waals surface area (Å²) in [6.07, 6.45) is 0. The zero-order valence-corrected chi connectivity index (χ0v) is 18.6. The second-order valence-electron chi connectivity index (χ2n) is 5.99. The molecule has 0 saturated carbocycles. The first-order chi connectivity index (χ1) is 13.6. The number of para-hydroxylation sites is 1. The minimum absolute atomic E-state index is 0. The van der Waals surface area contributed by atoms with Gasteiger partial charge in [-0.1, -0.05) is 18.2 Å². The Bertz CT molecular complexity index is 1110. The Kier molecular flexibility index (Phi) is 6.68. The molecule has 0 amide bonds. The maximum absolute atomic E-state index is 11.2. The van der Waals surface area contributed by atoms with E-state index < -0.39 is 5.97 Å². The summed E-state index contributed by atoms with van der Waals surface area (Å²) >= 11 is 2.74. The van der Waals surface area contributed by atoms with Crippen molar-refractivity contribution in [2.24, 2.45) is 0 Å². The molecule has 2 N–H and O–H groups in total. The number of carboxylic acid groups (broad SMARTS) is 1. The maximum Gasteiger partial charge on any atom is 0.345 e. The van der Waals surface area contributed by atoms with E-state index >= 15 is 0 Å². The van der Waals surface area contributed by atoms with Gasteiger partial charge in [-0.15, -0.1) is 39.7 Å². The minimum atomic E-state index is -0.911. The largest absolute Gasteiger partial charge is 0.477 e. The van der Waals surface area contributed by atoms with Gasteiger partial charge in [0.25, 0.3) is 0 Å². The van der Waals surface area contributed by atoms with Gasteiger partial charge in [-0.2, -0.15) is 0 Å². The molecule has 0 atom stereocenters. The van der Waals surface area contributed by atoms with Crippen molar-refractivity contribution < 1.29 is 14.6 Å². The SMILES string of the molecule is Br.Cc1sc(C(=O)O)cc1-c1csc(Nc2ccc(Oc3ccccc3)cc2)n1. The highest BCUT2D eigenvalue weighted by atomic mass is 79.9. The van der Waals surface area contributed by atoms with Gasteiger partial charge in [0.2, 0.25) is 0 Å². The number of hydrogen-bond donors (Lipinski definition) is 2. The standard InChI is InChI=1S/C21H16N2O3S2.BrH/c1-13-17(11-19(28-13)20(24)25)18-12-27-21(23-18)22-14-7-9-16(10-8-14)26-15-5-3-2-4-6-15;/h2-12H,1H3,(H,22,23)(H,24,25);1H. The van der Waals surface area contributed by atoms with Gasteiger partial charge >= 0.3 is 5.97 Å². The number of thiazole rings is 1. The third-order valence-electron chi connectivity index (χ3n) is 3.99. The minimum Gasteiger partial charge on any atom is -0.477 e. The van der Waals surface area contributed by atoms with Crippen molar-refractivity contribution in [1.29, 1.82) is 0 Å². The lowest BCUT2D eigenvalue weighted by molar-refractivity contribution is 0.0702. The Balaban J connectivity index is 0.00000240. The normalized spacial score (nSPS) is 10.2. The van der Waals surface area contributed by atoms with E-state index in [4.69, 9.17) is 9.84 Å². The van der Waals surface area contributed by atoms with Crippen LogP contribution in [0, 0.1) is 6.92 Å². The van der Waals surface area contributed by atoms with Crippen LogP contribution in [0.5, 0.6) is 11.5 Å². The summed E-state index contributed by atoms with van der Waals surface area (Å²) < 4.78 is 5.79. The van der Waals surface area contributed by atoms with E-state index in [2.05, 4.69) is 10.3 Å². The van der Waals surface area contributed by atoms with Crippen molar-refractivity contribution in [3.8, 4) is 22.8 Å². The highest BCUT2D eigenvalue weighted by Gasteiger charge is 2.15. The number of benzene rings is 2. The second kappa shape index (κ2) is 9.21.